The molecule has 0 saturated carbocycles. The zero-order valence-electron chi connectivity index (χ0n) is 9.79. The Balaban J connectivity index is 2.16. The third-order valence-corrected chi connectivity index (χ3v) is 2.33. The van der Waals surface area contributed by atoms with Crippen molar-refractivity contribution in [3.05, 3.63) is 24.0 Å². The number of Topliss-reactive ketones (excluding diaryl/α,β-unsaturated/α-hetero) is 1. The van der Waals surface area contributed by atoms with E-state index in [9.17, 15) is 18.0 Å². The van der Waals surface area contributed by atoms with Gasteiger partial charge in [0.1, 0.15) is 18.7 Å². The number of rotatable bonds is 4. The van der Waals surface area contributed by atoms with Crippen molar-refractivity contribution in [1.82, 2.24) is 29.8 Å². The van der Waals surface area contributed by atoms with E-state index < -0.39 is 17.7 Å². The Kier molecular flexibility index (Phi) is 3.32. The van der Waals surface area contributed by atoms with E-state index >= 15 is 0 Å². The predicted octanol–water partition coefficient (Wildman–Crippen LogP) is 0.683. The quantitative estimate of drug-likeness (QED) is 0.766. The lowest BCUT2D eigenvalue weighted by molar-refractivity contribution is -0.0888. The second kappa shape index (κ2) is 4.78. The van der Waals surface area contributed by atoms with Gasteiger partial charge >= 0.3 is 6.18 Å². The fourth-order valence-electron chi connectivity index (χ4n) is 1.44. The monoisotopic (exact) mass is 274 g/mol. The van der Waals surface area contributed by atoms with Crippen molar-refractivity contribution in [2.45, 2.75) is 26.2 Å². The van der Waals surface area contributed by atoms with Crippen LogP contribution in [0.3, 0.4) is 0 Å². The molecule has 10 heteroatoms. The molecule has 0 aliphatic heterocycles. The molecule has 0 bridgehead atoms. The predicted molar refractivity (Wildman–Crippen MR) is 55.2 cm³/mol. The maximum Gasteiger partial charge on any atom is 0.456 e. The zero-order chi connectivity index (χ0) is 14.0. The topological polar surface area (TPSA) is 78.5 Å². The Morgan fingerprint density at radius 3 is 2.79 bits per heavy atom. The van der Waals surface area contributed by atoms with E-state index in [0.717, 1.165) is 10.9 Å². The molecular formula is C9H9F3N6O. The molecule has 0 aromatic carbocycles. The van der Waals surface area contributed by atoms with Crippen LogP contribution in [-0.4, -0.2) is 41.7 Å². The summed E-state index contributed by atoms with van der Waals surface area (Å²) in [5.74, 6) is -1.51. The first kappa shape index (κ1) is 13.2. The second-order valence-electron chi connectivity index (χ2n) is 3.62. The molecular weight excluding hydrogens is 265 g/mol. The summed E-state index contributed by atoms with van der Waals surface area (Å²) in [5, 5.41) is 10.6. The molecule has 102 valence electrons. The lowest BCUT2D eigenvalue weighted by Gasteiger charge is -2.02. The van der Waals surface area contributed by atoms with Crippen molar-refractivity contribution in [1.29, 1.82) is 0 Å². The summed E-state index contributed by atoms with van der Waals surface area (Å²) in [4.78, 5) is 14.9. The number of halogens is 3. The molecule has 0 unspecified atom stereocenters. The largest absolute Gasteiger partial charge is 0.456 e. The molecule has 0 aliphatic carbocycles. The van der Waals surface area contributed by atoms with Gasteiger partial charge in [0, 0.05) is 6.54 Å². The van der Waals surface area contributed by atoms with Gasteiger partial charge in [0.2, 0.25) is 0 Å². The summed E-state index contributed by atoms with van der Waals surface area (Å²) in [6, 6.07) is 0. The summed E-state index contributed by atoms with van der Waals surface area (Å²) >= 11 is 0. The van der Waals surface area contributed by atoms with Gasteiger partial charge in [-0.3, -0.25) is 4.79 Å². The van der Waals surface area contributed by atoms with Gasteiger partial charge in [0.05, 0.1) is 6.20 Å². The van der Waals surface area contributed by atoms with Gasteiger partial charge in [0.25, 0.3) is 5.78 Å². The first-order valence-electron chi connectivity index (χ1n) is 5.30. The Morgan fingerprint density at radius 2 is 2.16 bits per heavy atom. The highest BCUT2D eigenvalue weighted by molar-refractivity contribution is 5.98. The van der Waals surface area contributed by atoms with E-state index in [-0.39, 0.29) is 6.54 Å². The van der Waals surface area contributed by atoms with Gasteiger partial charge < -0.3 is 0 Å². The lowest BCUT2D eigenvalue weighted by Crippen LogP contribution is -2.23. The molecule has 0 spiro atoms. The van der Waals surface area contributed by atoms with E-state index in [4.69, 9.17) is 0 Å². The Hall–Kier alpha value is -2.26. The number of hydrogen-bond donors (Lipinski definition) is 0. The SMILES string of the molecule is CCn1ncnc1Cn1cc(C(=O)C(F)(F)F)nn1. The van der Waals surface area contributed by atoms with Crippen LogP contribution in [0.5, 0.6) is 0 Å². The summed E-state index contributed by atoms with van der Waals surface area (Å²) in [7, 11) is 0. The molecule has 0 saturated heterocycles. The molecule has 0 radical (unpaired) electrons. The smallest absolute Gasteiger partial charge is 0.282 e. The van der Waals surface area contributed by atoms with E-state index in [0.29, 0.717) is 12.4 Å². The van der Waals surface area contributed by atoms with Gasteiger partial charge in [-0.05, 0) is 6.92 Å². The molecule has 0 amide bonds. The molecule has 19 heavy (non-hydrogen) atoms. The molecule has 0 atom stereocenters. The summed E-state index contributed by atoms with van der Waals surface area (Å²) in [6.07, 6.45) is -2.69. The second-order valence-corrected chi connectivity index (χ2v) is 3.62. The molecule has 2 aromatic rings. The number of aryl methyl sites for hydroxylation is 1. The van der Waals surface area contributed by atoms with Crippen LogP contribution in [0.1, 0.15) is 23.2 Å². The Morgan fingerprint density at radius 1 is 1.42 bits per heavy atom. The lowest BCUT2D eigenvalue weighted by atomic mass is 10.3. The average molecular weight is 274 g/mol. The van der Waals surface area contributed by atoms with Gasteiger partial charge in [-0.15, -0.1) is 5.10 Å². The highest BCUT2D eigenvalue weighted by atomic mass is 19.4. The molecule has 2 rings (SSSR count). The maximum atomic E-state index is 12.2. The fourth-order valence-corrected chi connectivity index (χ4v) is 1.44. The minimum atomic E-state index is -4.95. The van der Waals surface area contributed by atoms with Gasteiger partial charge in [0.15, 0.2) is 5.69 Å². The average Bonchev–Trinajstić information content (AvgIpc) is 2.96. The van der Waals surface area contributed by atoms with Gasteiger partial charge in [-0.1, -0.05) is 5.21 Å². The minimum Gasteiger partial charge on any atom is -0.282 e. The summed E-state index contributed by atoms with van der Waals surface area (Å²) in [5.41, 5.74) is -0.741. The van der Waals surface area contributed by atoms with E-state index in [1.807, 2.05) is 6.92 Å². The van der Waals surface area contributed by atoms with Crippen molar-refractivity contribution in [3.63, 3.8) is 0 Å². The van der Waals surface area contributed by atoms with Crippen LogP contribution in [0.15, 0.2) is 12.5 Å². The van der Waals surface area contributed by atoms with Crippen molar-refractivity contribution < 1.29 is 18.0 Å². The van der Waals surface area contributed by atoms with Gasteiger partial charge in [-0.25, -0.2) is 14.3 Å². The minimum absolute atomic E-state index is 0.0893. The highest BCUT2D eigenvalue weighted by Crippen LogP contribution is 2.19. The Labute approximate surface area is 105 Å². The fraction of sp³-hybridized carbons (Fsp3) is 0.444. The number of hydrogen-bond acceptors (Lipinski definition) is 5. The number of carbonyl (C=O) groups excluding carboxylic acids is 1. The first-order valence-corrected chi connectivity index (χ1v) is 5.30. The molecule has 7 nitrogen and oxygen atoms in total. The van der Waals surface area contributed by atoms with Crippen LogP contribution in [0.4, 0.5) is 13.2 Å². The molecule has 2 heterocycles. The number of nitrogens with zero attached hydrogens (tertiary/aromatic N) is 6. The van der Waals surface area contributed by atoms with Crippen molar-refractivity contribution in [2.24, 2.45) is 0 Å². The number of carbonyl (C=O) groups is 1. The van der Waals surface area contributed by atoms with E-state index in [1.54, 1.807) is 4.68 Å². The number of ketones is 1. The third-order valence-electron chi connectivity index (χ3n) is 2.33. The van der Waals surface area contributed by atoms with Crippen molar-refractivity contribution in [3.8, 4) is 0 Å². The van der Waals surface area contributed by atoms with Crippen molar-refractivity contribution in [2.75, 3.05) is 0 Å². The van der Waals surface area contributed by atoms with Crippen LogP contribution < -0.4 is 0 Å². The normalized spacial score (nSPS) is 11.8. The summed E-state index contributed by atoms with van der Waals surface area (Å²) < 4.78 is 39.2. The van der Waals surface area contributed by atoms with Crippen LogP contribution in [0, 0.1) is 0 Å². The number of aromatic nitrogens is 6. The zero-order valence-corrected chi connectivity index (χ0v) is 9.79. The maximum absolute atomic E-state index is 12.2. The van der Waals surface area contributed by atoms with Crippen LogP contribution in [-0.2, 0) is 13.1 Å². The summed E-state index contributed by atoms with van der Waals surface area (Å²) in [6.45, 7) is 2.50. The standard InChI is InChI=1S/C9H9F3N6O/c1-2-18-7(13-5-14-18)4-17-3-6(15-16-17)8(19)9(10,11)12/h3,5H,2,4H2,1H3. The molecule has 0 N–H and O–H groups in total. The van der Waals surface area contributed by atoms with Crippen LogP contribution in [0.25, 0.3) is 0 Å². The molecule has 0 fully saturated rings. The Bertz CT molecular complexity index is 587. The van der Waals surface area contributed by atoms with Gasteiger partial charge in [-0.2, -0.15) is 18.3 Å². The molecule has 0 aliphatic rings. The first-order chi connectivity index (χ1) is 8.91. The van der Waals surface area contributed by atoms with Crippen molar-refractivity contribution >= 4 is 5.78 Å². The highest BCUT2D eigenvalue weighted by Gasteiger charge is 2.41. The third kappa shape index (κ3) is 2.77. The molecule has 2 aromatic heterocycles. The van der Waals surface area contributed by atoms with E-state index in [2.05, 4.69) is 20.4 Å². The number of alkyl halides is 3. The van der Waals surface area contributed by atoms with Crippen LogP contribution in [0.2, 0.25) is 0 Å². The van der Waals surface area contributed by atoms with Crippen LogP contribution >= 0.6 is 0 Å². The van der Waals surface area contributed by atoms with E-state index in [1.165, 1.54) is 6.33 Å².